The van der Waals surface area contributed by atoms with Crippen LogP contribution < -0.4 is 5.06 Å². The molecule has 1 atom stereocenters. The van der Waals surface area contributed by atoms with Crippen LogP contribution >= 0.6 is 15.9 Å². The van der Waals surface area contributed by atoms with Gasteiger partial charge in [0.05, 0.1) is 5.69 Å². The molecular formula is C22H16BrNO3. The van der Waals surface area contributed by atoms with E-state index in [0.29, 0.717) is 16.8 Å². The van der Waals surface area contributed by atoms with Crippen molar-refractivity contribution >= 4 is 33.3 Å². The Balaban J connectivity index is 1.67. The van der Waals surface area contributed by atoms with E-state index in [1.807, 2.05) is 48.5 Å². The largest absolute Gasteiger partial charge is 0.294 e. The maximum atomic E-state index is 12.9. The Kier molecular flexibility index (Phi) is 4.88. The monoisotopic (exact) mass is 421 g/mol. The van der Waals surface area contributed by atoms with Gasteiger partial charge in [0.25, 0.3) is 5.91 Å². The van der Waals surface area contributed by atoms with Crippen molar-refractivity contribution in [3.63, 3.8) is 0 Å². The van der Waals surface area contributed by atoms with Crippen molar-refractivity contribution in [2.75, 3.05) is 5.06 Å². The molecule has 1 aliphatic rings. The minimum Gasteiger partial charge on any atom is -0.294 e. The molecule has 1 unspecified atom stereocenters. The number of amides is 1. The van der Waals surface area contributed by atoms with Gasteiger partial charge in [0.15, 0.2) is 5.78 Å². The highest BCUT2D eigenvalue weighted by Crippen LogP contribution is 2.35. The van der Waals surface area contributed by atoms with Crippen LogP contribution in [0.25, 0.3) is 0 Å². The maximum Gasteiger partial charge on any atom is 0.282 e. The summed E-state index contributed by atoms with van der Waals surface area (Å²) in [6, 6.07) is 23.7. The summed E-state index contributed by atoms with van der Waals surface area (Å²) in [4.78, 5) is 31.6. The molecule has 0 aromatic heterocycles. The number of fused-ring (bicyclic) bond motifs is 1. The molecular weight excluding hydrogens is 406 g/mol. The Morgan fingerprint density at radius 3 is 2.33 bits per heavy atom. The van der Waals surface area contributed by atoms with Crippen molar-refractivity contribution in [2.24, 2.45) is 0 Å². The van der Waals surface area contributed by atoms with E-state index in [-0.39, 0.29) is 18.1 Å². The number of rotatable bonds is 4. The highest BCUT2D eigenvalue weighted by molar-refractivity contribution is 9.10. The number of hydrogen-bond donors (Lipinski definition) is 0. The molecule has 0 bridgehead atoms. The predicted molar refractivity (Wildman–Crippen MR) is 107 cm³/mol. The van der Waals surface area contributed by atoms with Crippen LogP contribution in [0.3, 0.4) is 0 Å². The number of carbonyl (C=O) groups is 2. The zero-order valence-electron chi connectivity index (χ0n) is 14.3. The third-order valence-electron chi connectivity index (χ3n) is 4.48. The number of para-hydroxylation sites is 1. The zero-order chi connectivity index (χ0) is 18.8. The molecule has 1 heterocycles. The van der Waals surface area contributed by atoms with Gasteiger partial charge in [0, 0.05) is 22.0 Å². The molecule has 0 radical (unpaired) electrons. The van der Waals surface area contributed by atoms with Crippen molar-refractivity contribution in [3.8, 4) is 0 Å². The lowest BCUT2D eigenvalue weighted by Gasteiger charge is -2.33. The first-order valence-corrected chi connectivity index (χ1v) is 9.37. The average molecular weight is 422 g/mol. The zero-order valence-corrected chi connectivity index (χ0v) is 15.9. The van der Waals surface area contributed by atoms with Gasteiger partial charge in [-0.1, -0.05) is 64.5 Å². The van der Waals surface area contributed by atoms with Crippen molar-refractivity contribution in [1.82, 2.24) is 0 Å². The molecule has 0 saturated carbocycles. The lowest BCUT2D eigenvalue weighted by atomic mass is 9.95. The maximum absolute atomic E-state index is 12.9. The van der Waals surface area contributed by atoms with Crippen LogP contribution in [0.4, 0.5) is 5.69 Å². The summed E-state index contributed by atoms with van der Waals surface area (Å²) in [6.07, 6.45) is -0.384. The first-order valence-electron chi connectivity index (χ1n) is 8.57. The van der Waals surface area contributed by atoms with Gasteiger partial charge in [-0.2, -0.15) is 5.06 Å². The Morgan fingerprint density at radius 1 is 0.926 bits per heavy atom. The minimum absolute atomic E-state index is 0.0373. The summed E-state index contributed by atoms with van der Waals surface area (Å²) in [5.41, 5.74) is 2.54. The molecule has 134 valence electrons. The fourth-order valence-electron chi connectivity index (χ4n) is 3.12. The van der Waals surface area contributed by atoms with Crippen LogP contribution in [0.15, 0.2) is 83.3 Å². The number of halogens is 1. The van der Waals surface area contributed by atoms with Crippen LogP contribution in [-0.2, 0) is 4.84 Å². The lowest BCUT2D eigenvalue weighted by Crippen LogP contribution is -2.38. The molecule has 1 amide bonds. The van der Waals surface area contributed by atoms with Crippen molar-refractivity contribution < 1.29 is 14.4 Å². The quantitative estimate of drug-likeness (QED) is 0.533. The molecule has 3 aromatic rings. The number of Topliss-reactive ketones (excluding diaryl/α,β-unsaturated/α-hetero) is 1. The third kappa shape index (κ3) is 3.56. The summed E-state index contributed by atoms with van der Waals surface area (Å²) >= 11 is 3.37. The Bertz CT molecular complexity index is 986. The number of hydroxylamine groups is 1. The number of carbonyl (C=O) groups excluding carboxylic acids is 2. The molecule has 4 rings (SSSR count). The molecule has 0 aliphatic carbocycles. The van der Waals surface area contributed by atoms with E-state index in [2.05, 4.69) is 15.9 Å². The topological polar surface area (TPSA) is 46.6 Å². The summed E-state index contributed by atoms with van der Waals surface area (Å²) in [7, 11) is 0. The number of benzene rings is 3. The molecule has 4 nitrogen and oxygen atoms in total. The van der Waals surface area contributed by atoms with Crippen LogP contribution in [0.2, 0.25) is 0 Å². The van der Waals surface area contributed by atoms with Gasteiger partial charge < -0.3 is 0 Å². The van der Waals surface area contributed by atoms with Crippen molar-refractivity contribution in [3.05, 3.63) is 100 Å². The van der Waals surface area contributed by atoms with Gasteiger partial charge in [-0.3, -0.25) is 14.4 Å². The van der Waals surface area contributed by atoms with Gasteiger partial charge in [0.2, 0.25) is 0 Å². The van der Waals surface area contributed by atoms with Gasteiger partial charge in [-0.15, -0.1) is 0 Å². The second kappa shape index (κ2) is 7.47. The molecule has 1 aliphatic heterocycles. The van der Waals surface area contributed by atoms with E-state index >= 15 is 0 Å². The molecule has 3 aromatic carbocycles. The summed E-state index contributed by atoms with van der Waals surface area (Å²) < 4.78 is 0.916. The van der Waals surface area contributed by atoms with E-state index in [1.165, 1.54) is 5.06 Å². The first kappa shape index (κ1) is 17.6. The number of anilines is 1. The predicted octanol–water partition coefficient (Wildman–Crippen LogP) is 5.36. The molecule has 0 fully saturated rings. The minimum atomic E-state index is -0.532. The lowest BCUT2D eigenvalue weighted by molar-refractivity contribution is 0.0147. The van der Waals surface area contributed by atoms with Crippen LogP contribution in [0, 0.1) is 0 Å². The van der Waals surface area contributed by atoms with Crippen molar-refractivity contribution in [2.45, 2.75) is 12.5 Å². The molecule has 0 N–H and O–H groups in total. The Hall–Kier alpha value is -2.76. The molecule has 0 spiro atoms. The standard InChI is InChI=1S/C22H16BrNO3/c23-16-12-10-15(11-13-16)20(25)14-21-18-8-4-5-9-19(18)22(26)24(27-21)17-6-2-1-3-7-17/h1-13,21H,14H2. The van der Waals surface area contributed by atoms with Crippen LogP contribution in [-0.4, -0.2) is 11.7 Å². The second-order valence-electron chi connectivity index (χ2n) is 6.25. The second-order valence-corrected chi connectivity index (χ2v) is 7.17. The Morgan fingerprint density at radius 2 is 1.59 bits per heavy atom. The summed E-state index contributed by atoms with van der Waals surface area (Å²) in [5.74, 6) is -0.270. The van der Waals surface area contributed by atoms with Gasteiger partial charge >= 0.3 is 0 Å². The van der Waals surface area contributed by atoms with Gasteiger partial charge in [-0.25, -0.2) is 0 Å². The van der Waals surface area contributed by atoms with Crippen LogP contribution in [0.5, 0.6) is 0 Å². The van der Waals surface area contributed by atoms with E-state index in [4.69, 9.17) is 4.84 Å². The highest BCUT2D eigenvalue weighted by atomic mass is 79.9. The van der Waals surface area contributed by atoms with Crippen LogP contribution in [0.1, 0.15) is 38.8 Å². The van der Waals surface area contributed by atoms with E-state index < -0.39 is 6.10 Å². The summed E-state index contributed by atoms with van der Waals surface area (Å²) in [5, 5.41) is 1.28. The van der Waals surface area contributed by atoms with Gasteiger partial charge in [-0.05, 0) is 35.9 Å². The molecule has 5 heteroatoms. The highest BCUT2D eigenvalue weighted by Gasteiger charge is 2.34. The number of ketones is 1. The Labute approximate surface area is 165 Å². The smallest absolute Gasteiger partial charge is 0.282 e. The van der Waals surface area contributed by atoms with Gasteiger partial charge in [0.1, 0.15) is 6.10 Å². The van der Waals surface area contributed by atoms with E-state index in [0.717, 1.165) is 10.0 Å². The fourth-order valence-corrected chi connectivity index (χ4v) is 3.39. The SMILES string of the molecule is O=C(CC1ON(c2ccccc2)C(=O)c2ccccc21)c1ccc(Br)cc1. The molecule has 0 saturated heterocycles. The van der Waals surface area contributed by atoms with E-state index in [1.54, 1.807) is 30.3 Å². The number of nitrogens with zero attached hydrogens (tertiary/aromatic N) is 1. The summed E-state index contributed by atoms with van der Waals surface area (Å²) in [6.45, 7) is 0. The fraction of sp³-hybridized carbons (Fsp3) is 0.0909. The number of hydrogen-bond acceptors (Lipinski definition) is 3. The third-order valence-corrected chi connectivity index (χ3v) is 5.01. The van der Waals surface area contributed by atoms with Crippen molar-refractivity contribution in [1.29, 1.82) is 0 Å². The first-order chi connectivity index (χ1) is 13.1. The average Bonchev–Trinajstić information content (AvgIpc) is 2.71. The normalized spacial score (nSPS) is 16.1. The molecule has 27 heavy (non-hydrogen) atoms. The van der Waals surface area contributed by atoms with E-state index in [9.17, 15) is 9.59 Å².